The summed E-state index contributed by atoms with van der Waals surface area (Å²) in [5.41, 5.74) is 7.86. The van der Waals surface area contributed by atoms with E-state index in [4.69, 9.17) is 8.22 Å². The lowest BCUT2D eigenvalue weighted by Gasteiger charge is -2.32. The van der Waals surface area contributed by atoms with Gasteiger partial charge in [0.2, 0.25) is 0 Å². The van der Waals surface area contributed by atoms with Crippen LogP contribution in [0.4, 0.5) is 42.9 Å². The molecule has 0 saturated carbocycles. The molecule has 0 bridgehead atoms. The zero-order chi connectivity index (χ0) is 67.7. The number of hydrogen-bond donors (Lipinski definition) is 0. The second-order valence-corrected chi connectivity index (χ2v) is 26.2. The molecular weight excluding hydrogens is 1030 g/mol. The van der Waals surface area contributed by atoms with Crippen LogP contribution in [0.2, 0.25) is 0 Å². The van der Waals surface area contributed by atoms with Crippen molar-refractivity contribution in [2.24, 2.45) is 0 Å². The molecule has 0 aliphatic carbocycles. The van der Waals surface area contributed by atoms with Crippen molar-refractivity contribution in [2.75, 3.05) is 9.80 Å². The van der Waals surface area contributed by atoms with Crippen molar-refractivity contribution in [1.82, 2.24) is 0 Å². The predicted molar refractivity (Wildman–Crippen MR) is 356 cm³/mol. The molecule has 418 valence electrons. The third-order valence-corrected chi connectivity index (χ3v) is 16.4. The van der Waals surface area contributed by atoms with Crippen molar-refractivity contribution in [3.63, 3.8) is 0 Å². The maximum absolute atomic E-state index is 18.4. The number of halogens is 2. The summed E-state index contributed by atoms with van der Waals surface area (Å²) >= 11 is 0. The van der Waals surface area contributed by atoms with Crippen LogP contribution in [-0.2, 0) is 21.7 Å². The van der Waals surface area contributed by atoms with Gasteiger partial charge in [-0.2, -0.15) is 0 Å². The fourth-order valence-corrected chi connectivity index (χ4v) is 11.8. The highest BCUT2D eigenvalue weighted by Gasteiger charge is 2.31. The Balaban J connectivity index is 1.20. The maximum atomic E-state index is 18.4. The Bertz CT molecular complexity index is 4630. The second-order valence-electron chi connectivity index (χ2n) is 26.2. The van der Waals surface area contributed by atoms with E-state index in [-0.39, 0.29) is 55.8 Å². The Morgan fingerprint density at radius 3 is 0.893 bits per heavy atom. The van der Waals surface area contributed by atoms with Gasteiger partial charge in [0.15, 0.2) is 0 Å². The summed E-state index contributed by atoms with van der Waals surface area (Å²) in [6, 6.07) is 46.8. The minimum atomic E-state index is -0.739. The molecule has 0 aromatic heterocycles. The van der Waals surface area contributed by atoms with Crippen molar-refractivity contribution in [3.05, 3.63) is 264 Å². The van der Waals surface area contributed by atoms with E-state index >= 15 is 8.78 Å². The third-order valence-electron chi connectivity index (χ3n) is 16.4. The van der Waals surface area contributed by atoms with Crippen LogP contribution in [0.5, 0.6) is 0 Å². The molecule has 0 amide bonds. The molecule has 0 atom stereocenters. The molecule has 0 heterocycles. The van der Waals surface area contributed by atoms with Crippen LogP contribution < -0.4 is 9.80 Å². The third kappa shape index (κ3) is 10.2. The van der Waals surface area contributed by atoms with Gasteiger partial charge >= 0.3 is 0 Å². The van der Waals surface area contributed by atoms with Crippen molar-refractivity contribution in [2.45, 2.75) is 105 Å². The van der Waals surface area contributed by atoms with Gasteiger partial charge in [-0.3, -0.25) is 0 Å². The van der Waals surface area contributed by atoms with E-state index in [1.807, 2.05) is 133 Å². The maximum Gasteiger partial charge on any atom is 0.147 e. The van der Waals surface area contributed by atoms with E-state index in [1.54, 1.807) is 24.3 Å². The summed E-state index contributed by atoms with van der Waals surface area (Å²) in [4.78, 5) is 2.93. The Morgan fingerprint density at radius 2 is 0.595 bits per heavy atom. The van der Waals surface area contributed by atoms with Gasteiger partial charge in [-0.25, -0.2) is 8.78 Å². The lowest BCUT2D eigenvalue weighted by molar-refractivity contribution is 0.590. The first-order chi connectivity index (χ1) is 44.2. The van der Waals surface area contributed by atoms with Gasteiger partial charge < -0.3 is 9.80 Å². The first-order valence-corrected chi connectivity index (χ1v) is 28.7. The van der Waals surface area contributed by atoms with Crippen LogP contribution >= 0.6 is 0 Å². The van der Waals surface area contributed by atoms with Crippen molar-refractivity contribution >= 4 is 66.4 Å². The average molecular weight is 1110 g/mol. The highest BCUT2D eigenvalue weighted by molar-refractivity contribution is 6.28. The molecule has 0 aliphatic heterocycles. The zero-order valence-electron chi connectivity index (χ0n) is 59.8. The molecule has 0 N–H and O–H groups in total. The molecular formula is C80H74F2N2. The molecule has 0 aliphatic rings. The summed E-state index contributed by atoms with van der Waals surface area (Å²) in [5, 5.41) is 3.56. The standard InChI is InChI=1S/C80H74F2N2/c1-77(2,3)57-35-23-51(24-36-57)63-45-47-67(81)75(73(63)55-27-39-59(40-28-55)79(7,8)9)83(61-19-15-13-16-20-61)69-49-33-53-32-44-66-70(50-34-54-31-43-65(69)71(53)72(54)66)84(62-21-17-14-18-22-62)76-68(82)48-46-64(52-25-37-58(38-26-52)78(4,5)6)74(76)56-29-41-60(42-30-56)80(10,11)12/h13-50H,1-12H3/i13D,14D,15D,16D,17D,18D,19D,20D,21D,22D. The quantitative estimate of drug-likeness (QED) is 0.126. The molecule has 0 fully saturated rings. The summed E-state index contributed by atoms with van der Waals surface area (Å²) < 4.78 is 130. The summed E-state index contributed by atoms with van der Waals surface area (Å²) in [6.45, 7) is 25.4. The molecule has 0 spiro atoms. The number of rotatable bonds is 10. The van der Waals surface area contributed by atoms with Gasteiger partial charge in [-0.1, -0.05) is 265 Å². The Morgan fingerprint density at radius 1 is 0.310 bits per heavy atom. The molecule has 84 heavy (non-hydrogen) atoms. The van der Waals surface area contributed by atoms with E-state index in [1.165, 1.54) is 21.9 Å². The van der Waals surface area contributed by atoms with E-state index in [0.717, 1.165) is 33.4 Å². The number of para-hydroxylation sites is 2. The highest BCUT2D eigenvalue weighted by atomic mass is 19.1. The first-order valence-electron chi connectivity index (χ1n) is 33.7. The van der Waals surface area contributed by atoms with E-state index in [0.29, 0.717) is 65.7 Å². The van der Waals surface area contributed by atoms with Crippen molar-refractivity contribution in [1.29, 1.82) is 0 Å². The predicted octanol–water partition coefficient (Wildman–Crippen LogP) is 23.7. The number of nitrogens with zero attached hydrogens (tertiary/aromatic N) is 2. The second kappa shape index (κ2) is 21.1. The van der Waals surface area contributed by atoms with Crippen LogP contribution in [0.1, 0.15) is 119 Å². The van der Waals surface area contributed by atoms with Crippen LogP contribution in [0, 0.1) is 11.6 Å². The number of benzene rings is 12. The lowest BCUT2D eigenvalue weighted by atomic mass is 9.84. The number of anilines is 6. The van der Waals surface area contributed by atoms with Gasteiger partial charge in [0, 0.05) is 33.3 Å². The summed E-state index contributed by atoms with van der Waals surface area (Å²) in [6.07, 6.45) is 0. The molecule has 0 saturated heterocycles. The summed E-state index contributed by atoms with van der Waals surface area (Å²) in [5.74, 6) is -1.48. The van der Waals surface area contributed by atoms with Gasteiger partial charge in [0.25, 0.3) is 0 Å². The van der Waals surface area contributed by atoms with Crippen LogP contribution in [0.3, 0.4) is 0 Å². The van der Waals surface area contributed by atoms with Crippen LogP contribution in [-0.4, -0.2) is 0 Å². The molecule has 12 rings (SSSR count). The topological polar surface area (TPSA) is 6.48 Å². The minimum absolute atomic E-state index is 0.0750. The minimum Gasteiger partial charge on any atom is -0.307 e. The zero-order valence-corrected chi connectivity index (χ0v) is 49.8. The molecule has 12 aromatic rings. The largest absolute Gasteiger partial charge is 0.307 e. The number of hydrogen-bond acceptors (Lipinski definition) is 2. The van der Waals surface area contributed by atoms with Crippen molar-refractivity contribution in [3.8, 4) is 44.5 Å². The molecule has 12 aromatic carbocycles. The fourth-order valence-electron chi connectivity index (χ4n) is 11.8. The van der Waals surface area contributed by atoms with Crippen LogP contribution in [0.15, 0.2) is 230 Å². The van der Waals surface area contributed by atoms with Crippen molar-refractivity contribution < 1.29 is 22.5 Å². The lowest BCUT2D eigenvalue weighted by Crippen LogP contribution is -2.15. The fraction of sp³-hybridized carbons (Fsp3) is 0.200. The van der Waals surface area contributed by atoms with E-state index < -0.39 is 72.1 Å². The Kier molecular flexibility index (Phi) is 11.2. The molecule has 4 heteroatoms. The Hall–Kier alpha value is -8.86. The van der Waals surface area contributed by atoms with E-state index in [9.17, 15) is 5.48 Å². The Labute approximate surface area is 510 Å². The summed E-state index contributed by atoms with van der Waals surface area (Å²) in [7, 11) is 0. The first kappa shape index (κ1) is 44.7. The normalized spacial score (nSPS) is 14.1. The van der Waals surface area contributed by atoms with E-state index in [2.05, 4.69) is 83.1 Å². The SMILES string of the molecule is [2H]c1c([2H])c([2H])c(N(c2c(F)ccc(-c3ccc(C(C)(C)C)cc3)c2-c2ccc(C(C)(C)C)cc2)c2ccc3ccc4c(N(c5c([2H])c([2H])c([2H])c([2H])c5[2H])c5c(F)ccc(-c6ccc(C(C)(C)C)cc6)c5-c5ccc(C(C)(C)C)cc5)ccc5ccc2c3c54)c([2H])c1[2H]. The van der Waals surface area contributed by atoms with Crippen LogP contribution in [0.25, 0.3) is 76.8 Å². The average Bonchev–Trinajstić information content (AvgIpc) is 0.711. The van der Waals surface area contributed by atoms with Gasteiger partial charge in [0.1, 0.15) is 11.6 Å². The smallest absolute Gasteiger partial charge is 0.147 e. The van der Waals surface area contributed by atoms with Gasteiger partial charge in [0.05, 0.1) is 36.5 Å². The van der Waals surface area contributed by atoms with Gasteiger partial charge in [-0.15, -0.1) is 0 Å². The molecule has 0 radical (unpaired) electrons. The molecule has 2 nitrogen and oxygen atoms in total. The highest BCUT2D eigenvalue weighted by Crippen LogP contribution is 2.54. The molecule has 0 unspecified atom stereocenters. The van der Waals surface area contributed by atoms with Gasteiger partial charge in [-0.05, 0) is 147 Å². The monoisotopic (exact) mass is 1110 g/mol.